The number of aryl methyl sites for hydroxylation is 1. The Bertz CT molecular complexity index is 1210. The molecule has 0 saturated heterocycles. The maximum atomic E-state index is 13.1. The molecule has 1 amide bonds. The van der Waals surface area contributed by atoms with Gasteiger partial charge in [0.15, 0.2) is 11.8 Å². The first kappa shape index (κ1) is 24.3. The topological polar surface area (TPSA) is 94.8 Å². The van der Waals surface area contributed by atoms with E-state index < -0.39 is 29.3 Å². The van der Waals surface area contributed by atoms with Gasteiger partial charge < -0.3 is 19.2 Å². The Hall–Kier alpha value is -3.32. The second-order valence-electron chi connectivity index (χ2n) is 8.53. The Kier molecular flexibility index (Phi) is 7.43. The summed E-state index contributed by atoms with van der Waals surface area (Å²) in [5.74, 6) is -0.766. The van der Waals surface area contributed by atoms with Gasteiger partial charge in [-0.15, -0.1) is 0 Å². The lowest BCUT2D eigenvalue weighted by atomic mass is 10.1. The maximum absolute atomic E-state index is 13.1. The Balaban J connectivity index is 1.93. The Morgan fingerprint density at radius 1 is 1.12 bits per heavy atom. The molecule has 1 N–H and O–H groups in total. The number of amides is 1. The van der Waals surface area contributed by atoms with Crippen LogP contribution in [0.15, 0.2) is 57.7 Å². The molecule has 33 heavy (non-hydrogen) atoms. The molecule has 2 aromatic carbocycles. The highest BCUT2D eigenvalue weighted by molar-refractivity contribution is 6.33. The van der Waals surface area contributed by atoms with Gasteiger partial charge in [-0.25, -0.2) is 14.4 Å². The van der Waals surface area contributed by atoms with Gasteiger partial charge in [0, 0.05) is 17.5 Å². The number of alkyl carbamates (subject to hydrolysis) is 1. The van der Waals surface area contributed by atoms with E-state index in [0.717, 1.165) is 12.0 Å². The zero-order chi connectivity index (χ0) is 24.2. The van der Waals surface area contributed by atoms with Gasteiger partial charge in [-0.2, -0.15) is 0 Å². The number of hydrogen-bond acceptors (Lipinski definition) is 6. The minimum absolute atomic E-state index is 0.0119. The lowest BCUT2D eigenvalue weighted by molar-refractivity contribution is -0.137. The predicted octanol–water partition coefficient (Wildman–Crippen LogP) is 5.57. The molecule has 0 fully saturated rings. The third kappa shape index (κ3) is 6.35. The first-order chi connectivity index (χ1) is 15.6. The highest BCUT2D eigenvalue weighted by Gasteiger charge is 2.28. The van der Waals surface area contributed by atoms with Crippen molar-refractivity contribution in [1.82, 2.24) is 5.32 Å². The Morgan fingerprint density at radius 2 is 1.82 bits per heavy atom. The van der Waals surface area contributed by atoms with E-state index in [9.17, 15) is 14.4 Å². The zero-order valence-corrected chi connectivity index (χ0v) is 19.7. The van der Waals surface area contributed by atoms with Crippen LogP contribution in [0.2, 0.25) is 5.02 Å². The standard InChI is InChI=1S/C25H26ClNO6/c1-5-9-16-12-21(28)31-19-14-20(18(26)13-17(16)19)32-23(29)22(15-10-7-6-8-11-15)27-24(30)33-25(2,3)4/h6-8,10-14,22H,5,9H2,1-4H3,(H,27,30)/t22-/m1/s1. The van der Waals surface area contributed by atoms with E-state index in [4.69, 9.17) is 25.5 Å². The van der Waals surface area contributed by atoms with E-state index in [1.807, 2.05) is 6.92 Å². The number of rotatable bonds is 6. The van der Waals surface area contributed by atoms with Crippen molar-refractivity contribution in [3.8, 4) is 5.75 Å². The van der Waals surface area contributed by atoms with Crippen LogP contribution >= 0.6 is 11.6 Å². The molecule has 3 aromatic rings. The summed E-state index contributed by atoms with van der Waals surface area (Å²) in [6.07, 6.45) is 0.739. The fourth-order valence-electron chi connectivity index (χ4n) is 3.30. The number of esters is 1. The second kappa shape index (κ2) is 10.1. The largest absolute Gasteiger partial charge is 0.444 e. The summed E-state index contributed by atoms with van der Waals surface area (Å²) < 4.78 is 16.1. The van der Waals surface area contributed by atoms with E-state index in [0.29, 0.717) is 17.4 Å². The summed E-state index contributed by atoms with van der Waals surface area (Å²) in [6.45, 7) is 7.16. The molecule has 8 heteroatoms. The van der Waals surface area contributed by atoms with Gasteiger partial charge in [0.05, 0.1) is 5.02 Å². The van der Waals surface area contributed by atoms with Gasteiger partial charge in [-0.05, 0) is 44.4 Å². The fraction of sp³-hybridized carbons (Fsp3) is 0.320. The van der Waals surface area contributed by atoms with Crippen molar-refractivity contribution in [2.24, 2.45) is 0 Å². The highest BCUT2D eigenvalue weighted by atomic mass is 35.5. The van der Waals surface area contributed by atoms with Crippen LogP contribution in [-0.2, 0) is 16.0 Å². The lowest BCUT2D eigenvalue weighted by Gasteiger charge is -2.23. The molecule has 1 atom stereocenters. The molecule has 0 saturated carbocycles. The minimum atomic E-state index is -1.15. The van der Waals surface area contributed by atoms with Gasteiger partial charge in [0.1, 0.15) is 11.2 Å². The number of ether oxygens (including phenoxy) is 2. The predicted molar refractivity (Wildman–Crippen MR) is 126 cm³/mol. The molecule has 0 unspecified atom stereocenters. The number of fused-ring (bicyclic) bond motifs is 1. The maximum Gasteiger partial charge on any atom is 0.408 e. The van der Waals surface area contributed by atoms with Crippen molar-refractivity contribution >= 4 is 34.6 Å². The summed E-state index contributed by atoms with van der Waals surface area (Å²) in [5, 5.41) is 3.40. The van der Waals surface area contributed by atoms with Crippen molar-refractivity contribution in [2.45, 2.75) is 52.2 Å². The van der Waals surface area contributed by atoms with Crippen LogP contribution in [-0.4, -0.2) is 17.7 Å². The van der Waals surface area contributed by atoms with E-state index in [1.54, 1.807) is 57.2 Å². The van der Waals surface area contributed by atoms with Gasteiger partial charge >= 0.3 is 17.7 Å². The molecule has 0 bridgehead atoms. The molecule has 1 aromatic heterocycles. The van der Waals surface area contributed by atoms with Gasteiger partial charge in [0.2, 0.25) is 0 Å². The van der Waals surface area contributed by atoms with Gasteiger partial charge in [-0.1, -0.05) is 55.3 Å². The van der Waals surface area contributed by atoms with E-state index in [1.165, 1.54) is 12.1 Å². The molecule has 0 aliphatic rings. The molecular weight excluding hydrogens is 446 g/mol. The third-order valence-corrected chi connectivity index (χ3v) is 4.94. The first-order valence-corrected chi connectivity index (χ1v) is 11.0. The number of benzene rings is 2. The van der Waals surface area contributed by atoms with Crippen molar-refractivity contribution in [3.63, 3.8) is 0 Å². The van der Waals surface area contributed by atoms with Crippen molar-refractivity contribution in [3.05, 3.63) is 75.1 Å². The average molecular weight is 472 g/mol. The Morgan fingerprint density at radius 3 is 2.45 bits per heavy atom. The van der Waals surface area contributed by atoms with Gasteiger partial charge in [-0.3, -0.25) is 0 Å². The smallest absolute Gasteiger partial charge is 0.408 e. The van der Waals surface area contributed by atoms with Crippen molar-refractivity contribution < 1.29 is 23.5 Å². The summed E-state index contributed by atoms with van der Waals surface area (Å²) in [6, 6.07) is 11.9. The normalized spacial score (nSPS) is 12.3. The number of nitrogens with one attached hydrogen (secondary N) is 1. The highest BCUT2D eigenvalue weighted by Crippen LogP contribution is 2.32. The minimum Gasteiger partial charge on any atom is -0.444 e. The second-order valence-corrected chi connectivity index (χ2v) is 8.94. The van der Waals surface area contributed by atoms with Gasteiger partial charge in [0.25, 0.3) is 0 Å². The SMILES string of the molecule is CCCc1cc(=O)oc2cc(OC(=O)[C@H](NC(=O)OC(C)(C)C)c3ccccc3)c(Cl)cc12. The number of carbonyl (C=O) groups is 2. The van der Waals surface area contributed by atoms with Crippen LogP contribution in [0.3, 0.4) is 0 Å². The summed E-state index contributed by atoms with van der Waals surface area (Å²) in [5.41, 5.74) is 0.318. The molecule has 7 nitrogen and oxygen atoms in total. The number of halogens is 1. The molecule has 1 heterocycles. The van der Waals surface area contributed by atoms with E-state index >= 15 is 0 Å². The third-order valence-electron chi connectivity index (χ3n) is 4.64. The molecule has 0 aliphatic heterocycles. The molecule has 0 spiro atoms. The molecule has 0 radical (unpaired) electrons. The van der Waals surface area contributed by atoms with Crippen LogP contribution in [0.5, 0.6) is 5.75 Å². The van der Waals surface area contributed by atoms with E-state index in [2.05, 4.69) is 5.32 Å². The average Bonchev–Trinajstić information content (AvgIpc) is 2.72. The van der Waals surface area contributed by atoms with Crippen LogP contribution in [0.4, 0.5) is 4.79 Å². The van der Waals surface area contributed by atoms with E-state index in [-0.39, 0.29) is 16.4 Å². The Labute approximate surface area is 196 Å². The quantitative estimate of drug-likeness (QED) is 0.287. The fourth-order valence-corrected chi connectivity index (χ4v) is 3.50. The summed E-state index contributed by atoms with van der Waals surface area (Å²) >= 11 is 6.39. The van der Waals surface area contributed by atoms with Crippen LogP contribution < -0.4 is 15.7 Å². The summed E-state index contributed by atoms with van der Waals surface area (Å²) in [4.78, 5) is 37.4. The molecule has 3 rings (SSSR count). The first-order valence-electron chi connectivity index (χ1n) is 10.6. The monoisotopic (exact) mass is 471 g/mol. The molecular formula is C25H26ClNO6. The molecule has 0 aliphatic carbocycles. The summed E-state index contributed by atoms with van der Waals surface area (Å²) in [7, 11) is 0. The van der Waals surface area contributed by atoms with Crippen molar-refractivity contribution in [1.29, 1.82) is 0 Å². The zero-order valence-electron chi connectivity index (χ0n) is 18.9. The number of hydrogen-bond donors (Lipinski definition) is 1. The van der Waals surface area contributed by atoms with Crippen LogP contribution in [0.1, 0.15) is 51.3 Å². The van der Waals surface area contributed by atoms with Crippen molar-refractivity contribution in [2.75, 3.05) is 0 Å². The molecule has 174 valence electrons. The van der Waals surface area contributed by atoms with Crippen LogP contribution in [0, 0.1) is 0 Å². The lowest BCUT2D eigenvalue weighted by Crippen LogP contribution is -2.39. The number of carbonyl (C=O) groups excluding carboxylic acids is 2. The van der Waals surface area contributed by atoms with Crippen LogP contribution in [0.25, 0.3) is 11.0 Å².